The lowest BCUT2D eigenvalue weighted by Gasteiger charge is -2.08. The highest BCUT2D eigenvalue weighted by molar-refractivity contribution is 5.54. The maximum atomic E-state index is 3.75. The second kappa shape index (κ2) is 5.31. The van der Waals surface area contributed by atoms with E-state index in [0.717, 1.165) is 0 Å². The molecule has 0 aromatic heterocycles. The first-order valence-electron chi connectivity index (χ1n) is 2.81. The van der Waals surface area contributed by atoms with E-state index in [1.165, 1.54) is 0 Å². The van der Waals surface area contributed by atoms with E-state index in [1.807, 2.05) is 7.05 Å². The second-order valence-electron chi connectivity index (χ2n) is 1.56. The largest absolute Gasteiger partial charge is 0.358 e. The molecule has 0 amide bonds. The first-order chi connectivity index (χ1) is 4.35. The van der Waals surface area contributed by atoms with Crippen LogP contribution in [0.25, 0.3) is 0 Å². The Morgan fingerprint density at radius 3 is 2.67 bits per heavy atom. The lowest BCUT2D eigenvalue weighted by molar-refractivity contribution is 0.640. The van der Waals surface area contributed by atoms with Gasteiger partial charge in [0.2, 0.25) is 0 Å². The molecule has 0 saturated carbocycles. The van der Waals surface area contributed by atoms with Crippen molar-refractivity contribution in [2.75, 3.05) is 14.1 Å². The minimum absolute atomic E-state index is 0.119. The molecular formula is C6H13N3. The molecular weight excluding hydrogens is 114 g/mol. The van der Waals surface area contributed by atoms with Crippen LogP contribution in [0.2, 0.25) is 0 Å². The molecule has 0 aromatic carbocycles. The summed E-state index contributed by atoms with van der Waals surface area (Å²) < 4.78 is 0. The minimum Gasteiger partial charge on any atom is -0.358 e. The molecule has 0 aliphatic rings. The van der Waals surface area contributed by atoms with Crippen LogP contribution < -0.4 is 10.6 Å². The third-order valence-electron chi connectivity index (χ3n) is 0.930. The first-order valence-corrected chi connectivity index (χ1v) is 2.81. The van der Waals surface area contributed by atoms with E-state index in [9.17, 15) is 0 Å². The van der Waals surface area contributed by atoms with Crippen LogP contribution in [0.5, 0.6) is 0 Å². The van der Waals surface area contributed by atoms with Crippen LogP contribution in [-0.2, 0) is 0 Å². The van der Waals surface area contributed by atoms with Crippen LogP contribution in [0.4, 0.5) is 0 Å². The Bertz CT molecular complexity index is 98.5. The van der Waals surface area contributed by atoms with Crippen molar-refractivity contribution < 1.29 is 0 Å². The van der Waals surface area contributed by atoms with Crippen molar-refractivity contribution in [2.45, 2.75) is 6.17 Å². The predicted octanol–water partition coefficient (Wildman–Crippen LogP) is -0.0344. The second-order valence-corrected chi connectivity index (χ2v) is 1.56. The van der Waals surface area contributed by atoms with Gasteiger partial charge in [0.25, 0.3) is 0 Å². The molecule has 0 radical (unpaired) electrons. The summed E-state index contributed by atoms with van der Waals surface area (Å²) in [6.45, 7) is 3.60. The van der Waals surface area contributed by atoms with Crippen molar-refractivity contribution in [2.24, 2.45) is 4.99 Å². The van der Waals surface area contributed by atoms with Crippen molar-refractivity contribution in [3.8, 4) is 0 Å². The Balaban J connectivity index is 3.42. The predicted molar refractivity (Wildman–Crippen MR) is 40.6 cm³/mol. The minimum atomic E-state index is 0.119. The fourth-order valence-electron chi connectivity index (χ4n) is 0.424. The van der Waals surface area contributed by atoms with Gasteiger partial charge in [-0.25, -0.2) is 0 Å². The van der Waals surface area contributed by atoms with E-state index in [0.29, 0.717) is 0 Å². The molecule has 0 aliphatic heterocycles. The number of hydrogen-bond acceptors (Lipinski definition) is 2. The number of hydrogen-bond donors (Lipinski definition) is 2. The van der Waals surface area contributed by atoms with Gasteiger partial charge in [0.05, 0.1) is 12.5 Å². The fraction of sp³-hybridized carbons (Fsp3) is 0.500. The number of nitrogens with one attached hydrogen (secondary N) is 2. The van der Waals surface area contributed by atoms with Crippen molar-refractivity contribution in [3.63, 3.8) is 0 Å². The molecule has 3 nitrogen and oxygen atoms in total. The Labute approximate surface area is 55.9 Å². The summed E-state index contributed by atoms with van der Waals surface area (Å²) in [5.41, 5.74) is 0. The molecule has 0 aliphatic carbocycles. The van der Waals surface area contributed by atoms with Crippen molar-refractivity contribution in [3.05, 3.63) is 12.7 Å². The quantitative estimate of drug-likeness (QED) is 0.241. The SMILES string of the molecule is C=CC(NC)NC=NC. The van der Waals surface area contributed by atoms with Gasteiger partial charge >= 0.3 is 0 Å². The van der Waals surface area contributed by atoms with Crippen LogP contribution in [0, 0.1) is 0 Å². The van der Waals surface area contributed by atoms with E-state index in [2.05, 4.69) is 22.2 Å². The zero-order valence-electron chi connectivity index (χ0n) is 5.89. The van der Waals surface area contributed by atoms with Crippen LogP contribution in [0.3, 0.4) is 0 Å². The third-order valence-corrected chi connectivity index (χ3v) is 0.930. The summed E-state index contributed by atoms with van der Waals surface area (Å²) in [4.78, 5) is 3.75. The van der Waals surface area contributed by atoms with Crippen LogP contribution in [-0.4, -0.2) is 26.6 Å². The maximum absolute atomic E-state index is 3.75. The van der Waals surface area contributed by atoms with Gasteiger partial charge in [0, 0.05) is 7.05 Å². The molecule has 2 N–H and O–H groups in total. The number of nitrogens with zero attached hydrogens (tertiary/aromatic N) is 1. The molecule has 0 bridgehead atoms. The highest BCUT2D eigenvalue weighted by Gasteiger charge is 1.91. The van der Waals surface area contributed by atoms with Crippen molar-refractivity contribution in [1.82, 2.24) is 10.6 Å². The Morgan fingerprint density at radius 1 is 1.67 bits per heavy atom. The van der Waals surface area contributed by atoms with Crippen molar-refractivity contribution >= 4 is 6.34 Å². The molecule has 52 valence electrons. The highest BCUT2D eigenvalue weighted by atomic mass is 15.1. The first kappa shape index (κ1) is 8.17. The molecule has 9 heavy (non-hydrogen) atoms. The molecule has 1 unspecified atom stereocenters. The van der Waals surface area contributed by atoms with Crippen LogP contribution >= 0.6 is 0 Å². The highest BCUT2D eigenvalue weighted by Crippen LogP contribution is 1.71. The van der Waals surface area contributed by atoms with Crippen LogP contribution in [0.15, 0.2) is 17.6 Å². The molecule has 0 fully saturated rings. The molecule has 0 heterocycles. The molecule has 0 rings (SSSR count). The van der Waals surface area contributed by atoms with Crippen molar-refractivity contribution in [1.29, 1.82) is 0 Å². The molecule has 0 spiro atoms. The Hall–Kier alpha value is -0.830. The number of aliphatic imine (C=N–C) groups is 1. The summed E-state index contributed by atoms with van der Waals surface area (Å²) in [5.74, 6) is 0. The third kappa shape index (κ3) is 3.73. The summed E-state index contributed by atoms with van der Waals surface area (Å²) in [7, 11) is 3.56. The van der Waals surface area contributed by atoms with Gasteiger partial charge in [-0.05, 0) is 7.05 Å². The molecule has 3 heteroatoms. The van der Waals surface area contributed by atoms with Gasteiger partial charge in [-0.1, -0.05) is 12.7 Å². The van der Waals surface area contributed by atoms with Gasteiger partial charge in [0.1, 0.15) is 0 Å². The van der Waals surface area contributed by atoms with Gasteiger partial charge in [-0.15, -0.1) is 0 Å². The zero-order valence-corrected chi connectivity index (χ0v) is 5.89. The normalized spacial score (nSPS) is 13.6. The number of likely N-dealkylation sites (N-methyl/N-ethyl adjacent to an activating group) is 1. The van der Waals surface area contributed by atoms with E-state index in [4.69, 9.17) is 0 Å². The number of rotatable bonds is 4. The summed E-state index contributed by atoms with van der Waals surface area (Å²) in [5, 5.41) is 5.91. The van der Waals surface area contributed by atoms with Gasteiger partial charge < -0.3 is 5.32 Å². The molecule has 1 atom stereocenters. The lowest BCUT2D eigenvalue weighted by Crippen LogP contribution is -2.37. The van der Waals surface area contributed by atoms with E-state index >= 15 is 0 Å². The average Bonchev–Trinajstić information content (AvgIpc) is 1.91. The van der Waals surface area contributed by atoms with E-state index in [-0.39, 0.29) is 6.17 Å². The molecule has 0 aromatic rings. The summed E-state index contributed by atoms with van der Waals surface area (Å²) in [6.07, 6.45) is 3.51. The lowest BCUT2D eigenvalue weighted by atomic mass is 10.5. The van der Waals surface area contributed by atoms with E-state index < -0.39 is 0 Å². The van der Waals surface area contributed by atoms with Gasteiger partial charge in [0.15, 0.2) is 0 Å². The molecule has 0 saturated heterocycles. The van der Waals surface area contributed by atoms with Gasteiger partial charge in [-0.3, -0.25) is 10.3 Å². The van der Waals surface area contributed by atoms with E-state index in [1.54, 1.807) is 19.5 Å². The van der Waals surface area contributed by atoms with Gasteiger partial charge in [-0.2, -0.15) is 0 Å². The monoisotopic (exact) mass is 127 g/mol. The zero-order chi connectivity index (χ0) is 7.11. The fourth-order valence-corrected chi connectivity index (χ4v) is 0.424. The van der Waals surface area contributed by atoms with Crippen LogP contribution in [0.1, 0.15) is 0 Å². The Morgan fingerprint density at radius 2 is 2.33 bits per heavy atom. The average molecular weight is 127 g/mol. The smallest absolute Gasteiger partial charge is 0.0962 e. The maximum Gasteiger partial charge on any atom is 0.0962 e. The topological polar surface area (TPSA) is 36.4 Å². The Kier molecular flexibility index (Phi) is 4.82. The summed E-state index contributed by atoms with van der Waals surface area (Å²) >= 11 is 0. The summed E-state index contributed by atoms with van der Waals surface area (Å²) in [6, 6.07) is 0. The standard InChI is InChI=1S/C6H13N3/c1-4-6(8-3)9-5-7-2/h4-6,8H,1H2,2-3H3,(H,7,9).